The molecular formula is C8H5BrN2O2. The van der Waals surface area contributed by atoms with Crippen LogP contribution in [0.5, 0.6) is 0 Å². The van der Waals surface area contributed by atoms with E-state index >= 15 is 0 Å². The molecule has 1 aromatic carbocycles. The predicted octanol–water partition coefficient (Wildman–Crippen LogP) is 3.04. The summed E-state index contributed by atoms with van der Waals surface area (Å²) in [6, 6.07) is 4.55. The molecule has 0 atom stereocenters. The first-order valence-corrected chi connectivity index (χ1v) is 4.52. The molecule has 1 aromatic rings. The predicted molar refractivity (Wildman–Crippen MR) is 52.0 cm³/mol. The molecule has 5 heteroatoms. The van der Waals surface area contributed by atoms with Crippen molar-refractivity contribution in [3.05, 3.63) is 45.3 Å². The zero-order chi connectivity index (χ0) is 9.84. The van der Waals surface area contributed by atoms with E-state index in [2.05, 4.69) is 20.8 Å². The van der Waals surface area contributed by atoms with Gasteiger partial charge in [-0.1, -0.05) is 22.0 Å². The highest BCUT2D eigenvalue weighted by molar-refractivity contribution is 9.08. The maximum absolute atomic E-state index is 10.5. The first-order chi connectivity index (χ1) is 6.19. The van der Waals surface area contributed by atoms with E-state index in [9.17, 15) is 10.1 Å². The van der Waals surface area contributed by atoms with Gasteiger partial charge in [0.1, 0.15) is 0 Å². The topological polar surface area (TPSA) is 47.5 Å². The number of nitro groups is 1. The van der Waals surface area contributed by atoms with Crippen molar-refractivity contribution in [1.29, 1.82) is 0 Å². The molecule has 0 fully saturated rings. The Balaban J connectivity index is 3.28. The van der Waals surface area contributed by atoms with Gasteiger partial charge < -0.3 is 0 Å². The number of rotatable bonds is 2. The maximum Gasteiger partial charge on any atom is 0.279 e. The second-order valence-electron chi connectivity index (χ2n) is 2.33. The van der Waals surface area contributed by atoms with E-state index in [1.807, 2.05) is 0 Å². The first-order valence-electron chi connectivity index (χ1n) is 3.39. The van der Waals surface area contributed by atoms with E-state index in [1.54, 1.807) is 6.07 Å². The highest BCUT2D eigenvalue weighted by Gasteiger charge is 2.13. The summed E-state index contributed by atoms with van der Waals surface area (Å²) in [5.41, 5.74) is 0.737. The molecule has 0 aliphatic rings. The summed E-state index contributed by atoms with van der Waals surface area (Å²) in [7, 11) is 0. The van der Waals surface area contributed by atoms with Crippen molar-refractivity contribution in [2.75, 3.05) is 0 Å². The summed E-state index contributed by atoms with van der Waals surface area (Å²) in [5, 5.41) is 11.0. The Morgan fingerprint density at radius 1 is 1.62 bits per heavy atom. The Kier molecular flexibility index (Phi) is 2.98. The van der Waals surface area contributed by atoms with Crippen molar-refractivity contribution in [2.24, 2.45) is 0 Å². The Hall–Kier alpha value is -1.41. The molecule has 13 heavy (non-hydrogen) atoms. The summed E-state index contributed by atoms with van der Waals surface area (Å²) in [6.45, 7) is 6.71. The molecular weight excluding hydrogens is 236 g/mol. The van der Waals surface area contributed by atoms with Crippen LogP contribution in [-0.2, 0) is 5.33 Å². The van der Waals surface area contributed by atoms with Crippen molar-refractivity contribution in [3.63, 3.8) is 0 Å². The molecule has 0 radical (unpaired) electrons. The fraction of sp³-hybridized carbons (Fsp3) is 0.125. The van der Waals surface area contributed by atoms with Gasteiger partial charge in [0, 0.05) is 11.4 Å². The van der Waals surface area contributed by atoms with Crippen LogP contribution in [0.4, 0.5) is 11.4 Å². The minimum Gasteiger partial charge on any atom is -0.260 e. The lowest BCUT2D eigenvalue weighted by Crippen LogP contribution is -1.89. The third-order valence-electron chi connectivity index (χ3n) is 1.51. The Morgan fingerprint density at radius 3 is 2.77 bits per heavy atom. The van der Waals surface area contributed by atoms with Gasteiger partial charge in [-0.3, -0.25) is 10.1 Å². The van der Waals surface area contributed by atoms with Crippen LogP contribution in [0.1, 0.15) is 5.56 Å². The van der Waals surface area contributed by atoms with Crippen molar-refractivity contribution in [2.45, 2.75) is 5.33 Å². The Labute approximate surface area is 83.3 Å². The molecule has 0 amide bonds. The fourth-order valence-corrected chi connectivity index (χ4v) is 1.24. The van der Waals surface area contributed by atoms with Crippen LogP contribution in [0, 0.1) is 16.7 Å². The highest BCUT2D eigenvalue weighted by atomic mass is 79.9. The van der Waals surface area contributed by atoms with Gasteiger partial charge in [-0.2, -0.15) is 0 Å². The van der Waals surface area contributed by atoms with E-state index in [4.69, 9.17) is 6.57 Å². The third-order valence-corrected chi connectivity index (χ3v) is 2.16. The van der Waals surface area contributed by atoms with Gasteiger partial charge in [-0.25, -0.2) is 4.85 Å². The van der Waals surface area contributed by atoms with Crippen LogP contribution in [0.25, 0.3) is 4.85 Å². The van der Waals surface area contributed by atoms with Crippen LogP contribution in [0.3, 0.4) is 0 Å². The lowest BCUT2D eigenvalue weighted by atomic mass is 10.2. The Morgan fingerprint density at radius 2 is 2.31 bits per heavy atom. The molecule has 66 valence electrons. The van der Waals surface area contributed by atoms with Crippen LogP contribution in [0.15, 0.2) is 18.2 Å². The highest BCUT2D eigenvalue weighted by Crippen LogP contribution is 2.28. The summed E-state index contributed by atoms with van der Waals surface area (Å²) in [5.74, 6) is 0. The van der Waals surface area contributed by atoms with Crippen molar-refractivity contribution < 1.29 is 4.92 Å². The molecule has 0 aliphatic carbocycles. The molecule has 4 nitrogen and oxygen atoms in total. The number of hydrogen-bond acceptors (Lipinski definition) is 2. The number of nitro benzene ring substituents is 1. The monoisotopic (exact) mass is 240 g/mol. The average Bonchev–Trinajstić information content (AvgIpc) is 2.16. The number of alkyl halides is 1. The summed E-state index contributed by atoms with van der Waals surface area (Å²) < 4.78 is 0. The molecule has 0 unspecified atom stereocenters. The summed E-state index contributed by atoms with van der Waals surface area (Å²) >= 11 is 3.19. The number of halogens is 1. The molecule has 0 heterocycles. The van der Waals surface area contributed by atoms with E-state index in [0.29, 0.717) is 5.33 Å². The van der Waals surface area contributed by atoms with Gasteiger partial charge in [0.25, 0.3) is 11.4 Å². The molecule has 0 aliphatic heterocycles. The van der Waals surface area contributed by atoms with Crippen molar-refractivity contribution >= 4 is 27.3 Å². The van der Waals surface area contributed by atoms with Gasteiger partial charge in [-0.15, -0.1) is 0 Å². The van der Waals surface area contributed by atoms with Crippen molar-refractivity contribution in [1.82, 2.24) is 0 Å². The standard InChI is InChI=1S/C8H5BrN2O2/c1-10-7-3-2-6(5-9)4-8(7)11(12)13/h2-4H,5H2. The number of benzene rings is 1. The fourth-order valence-electron chi connectivity index (χ4n) is 0.893. The first kappa shape index (κ1) is 9.68. The molecule has 0 saturated carbocycles. The summed E-state index contributed by atoms with van der Waals surface area (Å²) in [6.07, 6.45) is 0. The van der Waals surface area contributed by atoms with Gasteiger partial charge >= 0.3 is 0 Å². The van der Waals surface area contributed by atoms with Gasteiger partial charge in [-0.05, 0) is 11.6 Å². The molecule has 1 rings (SSSR count). The lowest BCUT2D eigenvalue weighted by molar-refractivity contribution is -0.383. The zero-order valence-corrected chi connectivity index (χ0v) is 8.11. The van der Waals surface area contributed by atoms with Crippen LogP contribution < -0.4 is 0 Å². The summed E-state index contributed by atoms with van der Waals surface area (Å²) in [4.78, 5) is 13.0. The second kappa shape index (κ2) is 4.01. The SMILES string of the molecule is [C-]#[N+]c1ccc(CBr)cc1[N+](=O)[O-]. The quantitative estimate of drug-likeness (QED) is 0.345. The molecule has 0 N–H and O–H groups in total. The van der Waals surface area contributed by atoms with Gasteiger partial charge in [0.05, 0.1) is 11.5 Å². The van der Waals surface area contributed by atoms with Crippen LogP contribution in [0.2, 0.25) is 0 Å². The van der Waals surface area contributed by atoms with E-state index in [-0.39, 0.29) is 11.4 Å². The maximum atomic E-state index is 10.5. The molecule has 0 bridgehead atoms. The largest absolute Gasteiger partial charge is 0.279 e. The molecule has 0 spiro atoms. The van der Waals surface area contributed by atoms with Crippen LogP contribution in [-0.4, -0.2) is 4.92 Å². The Bertz CT molecular complexity index is 384. The molecule has 0 saturated heterocycles. The molecule has 0 aromatic heterocycles. The smallest absolute Gasteiger partial charge is 0.260 e. The van der Waals surface area contributed by atoms with Crippen LogP contribution >= 0.6 is 15.9 Å². The number of hydrogen-bond donors (Lipinski definition) is 0. The number of nitrogens with zero attached hydrogens (tertiary/aromatic N) is 2. The average molecular weight is 241 g/mol. The minimum absolute atomic E-state index is 0.0784. The van der Waals surface area contributed by atoms with E-state index in [0.717, 1.165) is 5.56 Å². The van der Waals surface area contributed by atoms with Gasteiger partial charge in [0.15, 0.2) is 0 Å². The van der Waals surface area contributed by atoms with E-state index in [1.165, 1.54) is 12.1 Å². The van der Waals surface area contributed by atoms with E-state index < -0.39 is 4.92 Å². The third kappa shape index (κ3) is 2.04. The van der Waals surface area contributed by atoms with Crippen molar-refractivity contribution in [3.8, 4) is 0 Å². The zero-order valence-electron chi connectivity index (χ0n) is 6.53. The second-order valence-corrected chi connectivity index (χ2v) is 2.89. The lowest BCUT2D eigenvalue weighted by Gasteiger charge is -1.97. The van der Waals surface area contributed by atoms with Gasteiger partial charge in [0.2, 0.25) is 0 Å². The minimum atomic E-state index is -0.542. The normalized spacial score (nSPS) is 9.23.